The number of hydrogen-bond donors (Lipinski definition) is 2. The highest BCUT2D eigenvalue weighted by Crippen LogP contribution is 2.32. The number of benzene rings is 1. The average Bonchev–Trinajstić information content (AvgIpc) is 2.91. The highest BCUT2D eigenvalue weighted by Gasteiger charge is 2.21. The molecule has 1 aromatic carbocycles. The minimum absolute atomic E-state index is 0.174. The van der Waals surface area contributed by atoms with Gasteiger partial charge in [-0.05, 0) is 35.6 Å². The number of ether oxygens (including phenoxy) is 2. The maximum Gasteiger partial charge on any atom is 0.244 e. The zero-order chi connectivity index (χ0) is 16.2. The van der Waals surface area contributed by atoms with Gasteiger partial charge in [-0.15, -0.1) is 0 Å². The molecular weight excluding hydrogens is 282 g/mol. The van der Waals surface area contributed by atoms with Crippen LogP contribution in [0.15, 0.2) is 24.3 Å². The fraction of sp³-hybridized carbons (Fsp3) is 0.471. The summed E-state index contributed by atoms with van der Waals surface area (Å²) in [5.74, 6) is 1.23. The number of carbonyl (C=O) groups is 1. The molecule has 1 aliphatic heterocycles. The maximum absolute atomic E-state index is 11.7. The van der Waals surface area contributed by atoms with Crippen LogP contribution in [0.3, 0.4) is 0 Å². The van der Waals surface area contributed by atoms with Gasteiger partial charge >= 0.3 is 0 Å². The van der Waals surface area contributed by atoms with Gasteiger partial charge in [0.2, 0.25) is 12.7 Å². The highest BCUT2D eigenvalue weighted by atomic mass is 16.7. The van der Waals surface area contributed by atoms with E-state index in [1.54, 1.807) is 6.08 Å². The molecule has 22 heavy (non-hydrogen) atoms. The molecule has 5 heteroatoms. The molecule has 0 fully saturated rings. The largest absolute Gasteiger partial charge is 0.454 e. The standard InChI is InChI=1S/C17H23NO4/c1-17(2,3)15(19)8-9-18-16(20)7-5-12-4-6-13-14(10-12)22-11-21-13/h4-7,10,15,19H,8-9,11H2,1-3H3,(H,18,20)/b7-5+. The summed E-state index contributed by atoms with van der Waals surface area (Å²) in [5.41, 5.74) is 0.696. The second-order valence-electron chi connectivity index (χ2n) is 6.41. The van der Waals surface area contributed by atoms with Gasteiger partial charge < -0.3 is 19.9 Å². The van der Waals surface area contributed by atoms with Crippen molar-refractivity contribution in [2.24, 2.45) is 5.41 Å². The van der Waals surface area contributed by atoms with Gasteiger partial charge in [-0.25, -0.2) is 0 Å². The van der Waals surface area contributed by atoms with Crippen LogP contribution in [0, 0.1) is 5.41 Å². The Morgan fingerprint density at radius 1 is 1.36 bits per heavy atom. The average molecular weight is 305 g/mol. The number of amides is 1. The minimum atomic E-state index is -0.439. The van der Waals surface area contributed by atoms with E-state index in [0.717, 1.165) is 11.3 Å². The van der Waals surface area contributed by atoms with Gasteiger partial charge in [0.05, 0.1) is 6.10 Å². The first-order valence-corrected chi connectivity index (χ1v) is 7.40. The number of rotatable bonds is 5. The van der Waals surface area contributed by atoms with E-state index in [2.05, 4.69) is 5.32 Å². The lowest BCUT2D eigenvalue weighted by atomic mass is 9.87. The van der Waals surface area contributed by atoms with Gasteiger partial charge in [-0.3, -0.25) is 4.79 Å². The number of aliphatic hydroxyl groups excluding tert-OH is 1. The van der Waals surface area contributed by atoms with E-state index in [4.69, 9.17) is 9.47 Å². The third kappa shape index (κ3) is 4.49. The van der Waals surface area contributed by atoms with E-state index >= 15 is 0 Å². The van der Waals surface area contributed by atoms with Crippen molar-refractivity contribution >= 4 is 12.0 Å². The van der Waals surface area contributed by atoms with Crippen LogP contribution in [0.2, 0.25) is 0 Å². The highest BCUT2D eigenvalue weighted by molar-refractivity contribution is 5.91. The van der Waals surface area contributed by atoms with Crippen LogP contribution < -0.4 is 14.8 Å². The summed E-state index contributed by atoms with van der Waals surface area (Å²) in [6.45, 7) is 6.60. The van der Waals surface area contributed by atoms with Crippen LogP contribution in [-0.4, -0.2) is 30.5 Å². The Bertz CT molecular complexity index is 560. The van der Waals surface area contributed by atoms with E-state index in [-0.39, 0.29) is 18.1 Å². The Hall–Kier alpha value is -2.01. The molecule has 1 heterocycles. The molecule has 120 valence electrons. The molecule has 0 bridgehead atoms. The summed E-state index contributed by atoms with van der Waals surface area (Å²) >= 11 is 0. The van der Waals surface area contributed by atoms with E-state index in [1.807, 2.05) is 39.0 Å². The van der Waals surface area contributed by atoms with Gasteiger partial charge in [0, 0.05) is 12.6 Å². The van der Waals surface area contributed by atoms with E-state index < -0.39 is 6.10 Å². The van der Waals surface area contributed by atoms with Crippen molar-refractivity contribution < 1.29 is 19.4 Å². The van der Waals surface area contributed by atoms with Crippen molar-refractivity contribution in [3.05, 3.63) is 29.8 Å². The van der Waals surface area contributed by atoms with Crippen LogP contribution in [0.5, 0.6) is 11.5 Å². The van der Waals surface area contributed by atoms with Crippen LogP contribution in [0.25, 0.3) is 6.08 Å². The monoisotopic (exact) mass is 305 g/mol. The smallest absolute Gasteiger partial charge is 0.244 e. The van der Waals surface area contributed by atoms with Crippen LogP contribution >= 0.6 is 0 Å². The van der Waals surface area contributed by atoms with E-state index in [1.165, 1.54) is 6.08 Å². The Labute approximate surface area is 130 Å². The number of hydrogen-bond acceptors (Lipinski definition) is 4. The van der Waals surface area contributed by atoms with E-state index in [9.17, 15) is 9.90 Å². The fourth-order valence-corrected chi connectivity index (χ4v) is 2.01. The third-order valence-electron chi connectivity index (χ3n) is 3.54. The molecule has 1 aliphatic rings. The predicted molar refractivity (Wildman–Crippen MR) is 84.7 cm³/mol. The molecule has 0 aliphatic carbocycles. The van der Waals surface area contributed by atoms with Crippen LogP contribution in [0.1, 0.15) is 32.8 Å². The lowest BCUT2D eigenvalue weighted by Gasteiger charge is -2.25. The predicted octanol–water partition coefficient (Wildman–Crippen LogP) is 2.34. The molecule has 0 radical (unpaired) electrons. The molecule has 2 rings (SSSR count). The first-order chi connectivity index (χ1) is 10.4. The molecule has 1 atom stereocenters. The molecule has 1 amide bonds. The second-order valence-corrected chi connectivity index (χ2v) is 6.41. The number of aliphatic hydroxyl groups is 1. The zero-order valence-corrected chi connectivity index (χ0v) is 13.3. The third-order valence-corrected chi connectivity index (χ3v) is 3.54. The Morgan fingerprint density at radius 2 is 2.09 bits per heavy atom. The van der Waals surface area contributed by atoms with E-state index in [0.29, 0.717) is 18.7 Å². The summed E-state index contributed by atoms with van der Waals surface area (Å²) in [6.07, 6.45) is 3.29. The molecular formula is C17H23NO4. The normalized spacial score (nSPS) is 15.1. The summed E-state index contributed by atoms with van der Waals surface area (Å²) in [7, 11) is 0. The SMILES string of the molecule is CC(C)(C)C(O)CCNC(=O)/C=C/c1ccc2c(c1)OCO2. The summed E-state index contributed by atoms with van der Waals surface area (Å²) < 4.78 is 10.5. The number of nitrogens with one attached hydrogen (secondary N) is 1. The van der Waals surface area contributed by atoms with Gasteiger partial charge in [0.25, 0.3) is 0 Å². The zero-order valence-electron chi connectivity index (χ0n) is 13.3. The summed E-state index contributed by atoms with van der Waals surface area (Å²) in [5, 5.41) is 12.7. The Morgan fingerprint density at radius 3 is 2.82 bits per heavy atom. The molecule has 0 aromatic heterocycles. The summed E-state index contributed by atoms with van der Waals surface area (Å²) in [6, 6.07) is 5.51. The Balaban J connectivity index is 1.79. The minimum Gasteiger partial charge on any atom is -0.454 e. The molecule has 5 nitrogen and oxygen atoms in total. The lowest BCUT2D eigenvalue weighted by molar-refractivity contribution is -0.116. The van der Waals surface area contributed by atoms with Crippen LogP contribution in [0.4, 0.5) is 0 Å². The number of fused-ring (bicyclic) bond motifs is 1. The van der Waals surface area contributed by atoms with Crippen molar-refractivity contribution in [3.8, 4) is 11.5 Å². The quantitative estimate of drug-likeness (QED) is 0.819. The van der Waals surface area contributed by atoms with Crippen molar-refractivity contribution in [1.82, 2.24) is 5.32 Å². The molecule has 1 unspecified atom stereocenters. The Kier molecular flexibility index (Phi) is 5.08. The first-order valence-electron chi connectivity index (χ1n) is 7.40. The molecule has 1 aromatic rings. The fourth-order valence-electron chi connectivity index (χ4n) is 2.01. The van der Waals surface area contributed by atoms with Gasteiger partial charge in [-0.2, -0.15) is 0 Å². The van der Waals surface area contributed by atoms with Crippen molar-refractivity contribution in [3.63, 3.8) is 0 Å². The van der Waals surface area contributed by atoms with Crippen molar-refractivity contribution in [1.29, 1.82) is 0 Å². The summed E-state index contributed by atoms with van der Waals surface area (Å²) in [4.78, 5) is 11.7. The van der Waals surface area contributed by atoms with Crippen molar-refractivity contribution in [2.45, 2.75) is 33.3 Å². The lowest BCUT2D eigenvalue weighted by Crippen LogP contribution is -2.31. The molecule has 0 spiro atoms. The molecule has 0 saturated carbocycles. The molecule has 2 N–H and O–H groups in total. The van der Waals surface area contributed by atoms with Gasteiger partial charge in [0.1, 0.15) is 0 Å². The molecule has 0 saturated heterocycles. The van der Waals surface area contributed by atoms with Crippen LogP contribution in [-0.2, 0) is 4.79 Å². The van der Waals surface area contributed by atoms with Gasteiger partial charge in [-0.1, -0.05) is 26.8 Å². The first kappa shape index (κ1) is 16.4. The second kappa shape index (κ2) is 6.83. The van der Waals surface area contributed by atoms with Crippen molar-refractivity contribution in [2.75, 3.05) is 13.3 Å². The van der Waals surface area contributed by atoms with Gasteiger partial charge in [0.15, 0.2) is 11.5 Å². The topological polar surface area (TPSA) is 67.8 Å². The maximum atomic E-state index is 11.7. The number of carbonyl (C=O) groups excluding carboxylic acids is 1.